The van der Waals surface area contributed by atoms with Gasteiger partial charge in [-0.3, -0.25) is 10.1 Å². The quantitative estimate of drug-likeness (QED) is 0.551. The first-order valence-electron chi connectivity index (χ1n) is 6.26. The summed E-state index contributed by atoms with van der Waals surface area (Å²) in [6.45, 7) is 0.981. The summed E-state index contributed by atoms with van der Waals surface area (Å²) in [4.78, 5) is 10.5. The molecule has 7 heteroatoms. The van der Waals surface area contributed by atoms with E-state index in [1.165, 1.54) is 6.07 Å². The minimum atomic E-state index is -0.504. The van der Waals surface area contributed by atoms with Crippen molar-refractivity contribution in [2.45, 2.75) is 18.9 Å². The van der Waals surface area contributed by atoms with Crippen molar-refractivity contribution in [3.05, 3.63) is 33.9 Å². The summed E-state index contributed by atoms with van der Waals surface area (Å²) in [6.07, 6.45) is 1.55. The molecule has 0 saturated heterocycles. The Morgan fingerprint density at radius 2 is 2.35 bits per heavy atom. The molecule has 1 atom stereocenters. The molecule has 1 unspecified atom stereocenters. The van der Waals surface area contributed by atoms with Gasteiger partial charge in [-0.15, -0.1) is 0 Å². The number of nitriles is 1. The summed E-state index contributed by atoms with van der Waals surface area (Å²) in [7, 11) is 1.57. The van der Waals surface area contributed by atoms with E-state index in [1.54, 1.807) is 19.2 Å². The number of rotatable bonds is 8. The Bertz CT molecular complexity index is 499. The van der Waals surface area contributed by atoms with Gasteiger partial charge in [0.05, 0.1) is 23.2 Å². The minimum Gasteiger partial charge on any atom is -0.383 e. The lowest BCUT2D eigenvalue weighted by molar-refractivity contribution is -0.384. The molecule has 0 spiro atoms. The summed E-state index contributed by atoms with van der Waals surface area (Å²) in [5.41, 5.74) is 6.00. The van der Waals surface area contributed by atoms with Crippen LogP contribution in [-0.2, 0) is 4.74 Å². The third-order valence-electron chi connectivity index (χ3n) is 2.81. The van der Waals surface area contributed by atoms with Gasteiger partial charge < -0.3 is 15.8 Å². The lowest BCUT2D eigenvalue weighted by Gasteiger charge is -2.18. The summed E-state index contributed by atoms with van der Waals surface area (Å²) in [5, 5.41) is 22.9. The number of hydrogen-bond donors (Lipinski definition) is 2. The SMILES string of the molecule is COCC(CCCN)Nc1ccc(C#N)cc1[N+](=O)[O-]. The molecule has 0 amide bonds. The van der Waals surface area contributed by atoms with Crippen molar-refractivity contribution in [1.29, 1.82) is 5.26 Å². The molecule has 1 rings (SSSR count). The Kier molecular flexibility index (Phi) is 6.43. The van der Waals surface area contributed by atoms with E-state index in [2.05, 4.69) is 5.32 Å². The van der Waals surface area contributed by atoms with Crippen LogP contribution in [0.15, 0.2) is 18.2 Å². The van der Waals surface area contributed by atoms with Crippen LogP contribution in [0.2, 0.25) is 0 Å². The third-order valence-corrected chi connectivity index (χ3v) is 2.81. The van der Waals surface area contributed by atoms with E-state index in [0.717, 1.165) is 12.8 Å². The first kappa shape index (κ1) is 15.9. The number of nitro groups is 1. The topological polar surface area (TPSA) is 114 Å². The van der Waals surface area contributed by atoms with Crippen LogP contribution in [-0.4, -0.2) is 31.2 Å². The molecule has 0 aliphatic heterocycles. The lowest BCUT2D eigenvalue weighted by atomic mass is 10.1. The zero-order chi connectivity index (χ0) is 15.0. The molecule has 3 N–H and O–H groups in total. The van der Waals surface area contributed by atoms with Gasteiger partial charge in [0.1, 0.15) is 5.69 Å². The smallest absolute Gasteiger partial charge is 0.293 e. The van der Waals surface area contributed by atoms with Crippen molar-refractivity contribution in [3.8, 4) is 6.07 Å². The predicted octanol–water partition coefficient (Wildman–Crippen LogP) is 1.63. The summed E-state index contributed by atoms with van der Waals surface area (Å²) in [5.74, 6) is 0. The fourth-order valence-electron chi connectivity index (χ4n) is 1.86. The highest BCUT2D eigenvalue weighted by atomic mass is 16.6. The molecular formula is C13H18N4O3. The molecule has 7 nitrogen and oxygen atoms in total. The average molecular weight is 278 g/mol. The molecule has 0 aliphatic carbocycles. The highest BCUT2D eigenvalue weighted by Gasteiger charge is 2.18. The van der Waals surface area contributed by atoms with Gasteiger partial charge in [0.2, 0.25) is 0 Å². The van der Waals surface area contributed by atoms with Crippen LogP contribution in [0, 0.1) is 21.4 Å². The molecule has 0 aromatic heterocycles. The number of nitrogens with one attached hydrogen (secondary N) is 1. The van der Waals surface area contributed by atoms with Crippen LogP contribution in [0.1, 0.15) is 18.4 Å². The lowest BCUT2D eigenvalue weighted by Crippen LogP contribution is -2.26. The van der Waals surface area contributed by atoms with Crippen molar-refractivity contribution in [2.24, 2.45) is 5.73 Å². The van der Waals surface area contributed by atoms with Gasteiger partial charge in [0.25, 0.3) is 5.69 Å². The highest BCUT2D eigenvalue weighted by Crippen LogP contribution is 2.26. The number of methoxy groups -OCH3 is 1. The number of hydrogen-bond acceptors (Lipinski definition) is 6. The first-order valence-corrected chi connectivity index (χ1v) is 6.26. The minimum absolute atomic E-state index is 0.0600. The second-order valence-electron chi connectivity index (χ2n) is 4.33. The van der Waals surface area contributed by atoms with E-state index in [9.17, 15) is 10.1 Å². The molecule has 0 radical (unpaired) electrons. The molecule has 1 aromatic rings. The van der Waals surface area contributed by atoms with E-state index < -0.39 is 4.92 Å². The fourth-order valence-corrected chi connectivity index (χ4v) is 1.86. The van der Waals surface area contributed by atoms with Gasteiger partial charge in [-0.05, 0) is 31.5 Å². The number of ether oxygens (including phenoxy) is 1. The number of anilines is 1. The zero-order valence-corrected chi connectivity index (χ0v) is 11.3. The van der Waals surface area contributed by atoms with Gasteiger partial charge in [0.15, 0.2) is 0 Å². The molecule has 0 aliphatic rings. The maximum Gasteiger partial charge on any atom is 0.293 e. The molecule has 0 bridgehead atoms. The normalized spacial score (nSPS) is 11.7. The van der Waals surface area contributed by atoms with Gasteiger partial charge in [0, 0.05) is 19.2 Å². The van der Waals surface area contributed by atoms with Crippen LogP contribution >= 0.6 is 0 Å². The summed E-state index contributed by atoms with van der Waals surface area (Å²) >= 11 is 0. The Hall–Kier alpha value is -2.17. The standard InChI is InChI=1S/C13H18N4O3/c1-20-9-11(3-2-6-14)16-12-5-4-10(8-15)7-13(12)17(18)19/h4-5,7,11,16H,2-3,6,9,14H2,1H3. The predicted molar refractivity (Wildman–Crippen MR) is 75.4 cm³/mol. The van der Waals surface area contributed by atoms with Gasteiger partial charge in [-0.2, -0.15) is 5.26 Å². The van der Waals surface area contributed by atoms with Crippen LogP contribution in [0.3, 0.4) is 0 Å². The van der Waals surface area contributed by atoms with Crippen LogP contribution in [0.25, 0.3) is 0 Å². The molecule has 1 aromatic carbocycles. The zero-order valence-electron chi connectivity index (χ0n) is 11.3. The van der Waals surface area contributed by atoms with Crippen molar-refractivity contribution >= 4 is 11.4 Å². The monoisotopic (exact) mass is 278 g/mol. The Balaban J connectivity index is 2.93. The van der Waals surface area contributed by atoms with Crippen molar-refractivity contribution < 1.29 is 9.66 Å². The van der Waals surface area contributed by atoms with Crippen LogP contribution in [0.4, 0.5) is 11.4 Å². The largest absolute Gasteiger partial charge is 0.383 e. The fraction of sp³-hybridized carbons (Fsp3) is 0.462. The van der Waals surface area contributed by atoms with E-state index >= 15 is 0 Å². The summed E-state index contributed by atoms with van der Waals surface area (Å²) < 4.78 is 5.09. The van der Waals surface area contributed by atoms with Crippen molar-refractivity contribution in [1.82, 2.24) is 0 Å². The second kappa shape index (κ2) is 8.09. The number of nitrogens with two attached hydrogens (primary N) is 1. The second-order valence-corrected chi connectivity index (χ2v) is 4.33. The Morgan fingerprint density at radius 1 is 1.60 bits per heavy atom. The van der Waals surface area contributed by atoms with E-state index in [0.29, 0.717) is 18.8 Å². The number of benzene rings is 1. The Labute approximate surface area is 117 Å². The van der Waals surface area contributed by atoms with Gasteiger partial charge in [-0.1, -0.05) is 0 Å². The Morgan fingerprint density at radius 3 is 2.90 bits per heavy atom. The molecule has 0 heterocycles. The molecule has 0 saturated carbocycles. The molecule has 20 heavy (non-hydrogen) atoms. The molecule has 0 fully saturated rings. The van der Waals surface area contributed by atoms with Crippen molar-refractivity contribution in [2.75, 3.05) is 25.6 Å². The molecule has 108 valence electrons. The first-order chi connectivity index (χ1) is 9.62. The number of nitro benzene ring substituents is 1. The maximum atomic E-state index is 11.0. The van der Waals surface area contributed by atoms with Crippen LogP contribution in [0.5, 0.6) is 0 Å². The van der Waals surface area contributed by atoms with E-state index in [1.807, 2.05) is 6.07 Å². The highest BCUT2D eigenvalue weighted by molar-refractivity contribution is 5.64. The van der Waals surface area contributed by atoms with Gasteiger partial charge >= 0.3 is 0 Å². The third kappa shape index (κ3) is 4.50. The van der Waals surface area contributed by atoms with Crippen molar-refractivity contribution in [3.63, 3.8) is 0 Å². The van der Waals surface area contributed by atoms with E-state index in [-0.39, 0.29) is 17.3 Å². The summed E-state index contributed by atoms with van der Waals surface area (Å²) in [6, 6.07) is 6.18. The van der Waals surface area contributed by atoms with Gasteiger partial charge in [-0.25, -0.2) is 0 Å². The molecular weight excluding hydrogens is 260 g/mol. The average Bonchev–Trinajstić information content (AvgIpc) is 2.45. The van der Waals surface area contributed by atoms with Crippen LogP contribution < -0.4 is 11.1 Å². The number of nitrogens with zero attached hydrogens (tertiary/aromatic N) is 2. The van der Waals surface area contributed by atoms with E-state index in [4.69, 9.17) is 15.7 Å². The maximum absolute atomic E-state index is 11.0.